The number of nitrogens with two attached hydrogens (primary N) is 2. The third kappa shape index (κ3) is 6.44. The molecule has 4 N–H and O–H groups in total. The van der Waals surface area contributed by atoms with Gasteiger partial charge in [0.25, 0.3) is 0 Å². The fraction of sp³-hybridized carbons (Fsp3) is 0.250. The van der Waals surface area contributed by atoms with Gasteiger partial charge in [-0.3, -0.25) is 0 Å². The second-order valence-electron chi connectivity index (χ2n) is 12.4. The Morgan fingerprint density at radius 2 is 0.857 bits per heavy atom. The predicted octanol–water partition coefficient (Wildman–Crippen LogP) is 9.06. The molecule has 0 aliphatic heterocycles. The molecule has 212 valence electrons. The van der Waals surface area contributed by atoms with Crippen LogP contribution in [0.1, 0.15) is 70.2 Å². The maximum atomic E-state index is 5.90. The van der Waals surface area contributed by atoms with Gasteiger partial charge < -0.3 is 11.5 Å². The van der Waals surface area contributed by atoms with Crippen molar-refractivity contribution in [1.29, 1.82) is 0 Å². The highest BCUT2D eigenvalue weighted by atomic mass is 14.5. The Bertz CT molecular complexity index is 1480. The standard InChI is InChI=1S/C40H42N2/c1-29-2-4-30(5-3-29)28-35-22-24-40(25-23-35,36-14-6-31(7-15-36)26-33-10-18-38(41)19-11-33)37-16-8-32(9-17-37)27-34-12-20-39(42)21-13-34/h2-21,35H,22-28,41-42H2,1H3. The van der Waals surface area contributed by atoms with Gasteiger partial charge in [-0.1, -0.05) is 103 Å². The molecular formula is C40H42N2. The van der Waals surface area contributed by atoms with Crippen LogP contribution in [0.15, 0.2) is 121 Å². The fourth-order valence-electron chi connectivity index (χ4n) is 6.80. The number of aryl methyl sites for hydroxylation is 1. The van der Waals surface area contributed by atoms with Crippen LogP contribution in [0.25, 0.3) is 0 Å². The summed E-state index contributed by atoms with van der Waals surface area (Å²) >= 11 is 0. The van der Waals surface area contributed by atoms with Gasteiger partial charge >= 0.3 is 0 Å². The van der Waals surface area contributed by atoms with Crippen molar-refractivity contribution < 1.29 is 0 Å². The van der Waals surface area contributed by atoms with Gasteiger partial charge in [0.2, 0.25) is 0 Å². The van der Waals surface area contributed by atoms with E-state index in [1.54, 1.807) is 0 Å². The molecule has 2 nitrogen and oxygen atoms in total. The summed E-state index contributed by atoms with van der Waals surface area (Å²) in [6.45, 7) is 2.17. The molecule has 0 spiro atoms. The lowest BCUT2D eigenvalue weighted by molar-refractivity contribution is 0.264. The summed E-state index contributed by atoms with van der Waals surface area (Å²) in [6, 6.07) is 44.6. The Kier molecular flexibility index (Phi) is 8.15. The first kappa shape index (κ1) is 27.8. The van der Waals surface area contributed by atoms with Gasteiger partial charge in [-0.2, -0.15) is 0 Å². The van der Waals surface area contributed by atoms with Crippen LogP contribution in [-0.4, -0.2) is 0 Å². The summed E-state index contributed by atoms with van der Waals surface area (Å²) in [5.74, 6) is 0.732. The Morgan fingerprint density at radius 3 is 1.26 bits per heavy atom. The van der Waals surface area contributed by atoms with Gasteiger partial charge in [0.15, 0.2) is 0 Å². The molecule has 1 aliphatic carbocycles. The molecule has 0 aromatic heterocycles. The van der Waals surface area contributed by atoms with Crippen LogP contribution < -0.4 is 11.5 Å². The third-order valence-corrected chi connectivity index (χ3v) is 9.39. The average Bonchev–Trinajstić information content (AvgIpc) is 3.02. The van der Waals surface area contributed by atoms with Crippen LogP contribution in [-0.2, 0) is 24.7 Å². The van der Waals surface area contributed by atoms with Crippen LogP contribution in [0, 0.1) is 12.8 Å². The zero-order chi connectivity index (χ0) is 28.9. The van der Waals surface area contributed by atoms with Gasteiger partial charge in [-0.25, -0.2) is 0 Å². The van der Waals surface area contributed by atoms with Crippen LogP contribution in [0.2, 0.25) is 0 Å². The molecule has 0 atom stereocenters. The highest BCUT2D eigenvalue weighted by Gasteiger charge is 2.38. The van der Waals surface area contributed by atoms with Crippen molar-refractivity contribution in [2.45, 2.75) is 57.3 Å². The molecular weight excluding hydrogens is 508 g/mol. The molecule has 0 radical (unpaired) electrons. The number of benzene rings is 5. The number of anilines is 2. The van der Waals surface area contributed by atoms with Crippen LogP contribution in [0.5, 0.6) is 0 Å². The van der Waals surface area contributed by atoms with Crippen LogP contribution >= 0.6 is 0 Å². The largest absolute Gasteiger partial charge is 0.399 e. The second kappa shape index (κ2) is 12.3. The first-order chi connectivity index (χ1) is 20.4. The first-order valence-electron chi connectivity index (χ1n) is 15.4. The maximum Gasteiger partial charge on any atom is 0.0314 e. The van der Waals surface area contributed by atoms with E-state index >= 15 is 0 Å². The minimum atomic E-state index is 0.0449. The Hall–Kier alpha value is -4.30. The summed E-state index contributed by atoms with van der Waals surface area (Å²) in [5, 5.41) is 0. The van der Waals surface area contributed by atoms with Gasteiger partial charge in [0, 0.05) is 16.8 Å². The van der Waals surface area contributed by atoms with Gasteiger partial charge in [-0.15, -0.1) is 0 Å². The molecule has 0 unspecified atom stereocenters. The van der Waals surface area contributed by atoms with E-state index in [-0.39, 0.29) is 5.41 Å². The number of rotatable bonds is 8. The van der Waals surface area contributed by atoms with E-state index in [2.05, 4.69) is 104 Å². The van der Waals surface area contributed by atoms with Crippen molar-refractivity contribution in [2.75, 3.05) is 11.5 Å². The van der Waals surface area contributed by atoms with E-state index in [0.29, 0.717) is 0 Å². The Balaban J connectivity index is 1.24. The summed E-state index contributed by atoms with van der Waals surface area (Å²) in [4.78, 5) is 0. The molecule has 5 aromatic carbocycles. The van der Waals surface area contributed by atoms with Crippen molar-refractivity contribution in [1.82, 2.24) is 0 Å². The molecule has 1 fully saturated rings. The molecule has 42 heavy (non-hydrogen) atoms. The van der Waals surface area contributed by atoms with Gasteiger partial charge in [0.1, 0.15) is 0 Å². The first-order valence-corrected chi connectivity index (χ1v) is 15.4. The monoisotopic (exact) mass is 550 g/mol. The molecule has 1 aliphatic rings. The topological polar surface area (TPSA) is 52.0 Å². The molecule has 0 amide bonds. The normalized spacial score (nSPS) is 15.0. The highest BCUT2D eigenvalue weighted by molar-refractivity contribution is 5.45. The summed E-state index contributed by atoms with van der Waals surface area (Å²) in [7, 11) is 0. The lowest BCUT2D eigenvalue weighted by atomic mass is 9.62. The summed E-state index contributed by atoms with van der Waals surface area (Å²) < 4.78 is 0. The highest BCUT2D eigenvalue weighted by Crippen LogP contribution is 2.47. The predicted molar refractivity (Wildman–Crippen MR) is 178 cm³/mol. The van der Waals surface area contributed by atoms with E-state index in [9.17, 15) is 0 Å². The molecule has 2 heteroatoms. The quantitative estimate of drug-likeness (QED) is 0.189. The fourth-order valence-corrected chi connectivity index (χ4v) is 6.80. The van der Waals surface area contributed by atoms with E-state index in [1.165, 1.54) is 76.6 Å². The Morgan fingerprint density at radius 1 is 0.500 bits per heavy atom. The smallest absolute Gasteiger partial charge is 0.0314 e. The minimum Gasteiger partial charge on any atom is -0.399 e. The molecule has 6 rings (SSSR count). The lowest BCUT2D eigenvalue weighted by Gasteiger charge is -2.42. The van der Waals surface area contributed by atoms with Crippen LogP contribution in [0.4, 0.5) is 11.4 Å². The molecule has 0 bridgehead atoms. The lowest BCUT2D eigenvalue weighted by Crippen LogP contribution is -2.33. The Labute approximate surface area is 251 Å². The number of hydrogen-bond donors (Lipinski definition) is 2. The van der Waals surface area contributed by atoms with Crippen molar-refractivity contribution in [3.8, 4) is 0 Å². The van der Waals surface area contributed by atoms with E-state index in [1.807, 2.05) is 24.3 Å². The van der Waals surface area contributed by atoms with E-state index in [4.69, 9.17) is 11.5 Å². The zero-order valence-electron chi connectivity index (χ0n) is 24.7. The number of hydrogen-bond acceptors (Lipinski definition) is 2. The SMILES string of the molecule is Cc1ccc(CC2CCC(c3ccc(Cc4ccc(N)cc4)cc3)(c3ccc(Cc4ccc(N)cc4)cc3)CC2)cc1. The van der Waals surface area contributed by atoms with E-state index < -0.39 is 0 Å². The summed E-state index contributed by atoms with van der Waals surface area (Å²) in [6.07, 6.45) is 7.87. The van der Waals surface area contributed by atoms with Crippen molar-refractivity contribution >= 4 is 11.4 Å². The van der Waals surface area contributed by atoms with Crippen LogP contribution in [0.3, 0.4) is 0 Å². The minimum absolute atomic E-state index is 0.0449. The summed E-state index contributed by atoms with van der Waals surface area (Å²) in [5.41, 5.74) is 24.4. The van der Waals surface area contributed by atoms with Crippen molar-refractivity contribution in [3.05, 3.63) is 166 Å². The van der Waals surface area contributed by atoms with Gasteiger partial charge in [0.05, 0.1) is 0 Å². The number of nitrogen functional groups attached to an aromatic ring is 2. The third-order valence-electron chi connectivity index (χ3n) is 9.39. The van der Waals surface area contributed by atoms with E-state index in [0.717, 1.165) is 30.1 Å². The van der Waals surface area contributed by atoms with Gasteiger partial charge in [-0.05, 0) is 121 Å². The molecule has 0 saturated heterocycles. The van der Waals surface area contributed by atoms with Crippen molar-refractivity contribution in [3.63, 3.8) is 0 Å². The molecule has 1 saturated carbocycles. The van der Waals surface area contributed by atoms with Crippen molar-refractivity contribution in [2.24, 2.45) is 5.92 Å². The second-order valence-corrected chi connectivity index (χ2v) is 12.4. The molecule has 0 heterocycles. The zero-order valence-corrected chi connectivity index (χ0v) is 24.7. The average molecular weight is 551 g/mol. The molecule has 5 aromatic rings. The maximum absolute atomic E-state index is 5.90.